The molecule has 1 aromatic carbocycles. The summed E-state index contributed by atoms with van der Waals surface area (Å²) in [5, 5.41) is 0. The molecule has 0 saturated heterocycles. The van der Waals surface area contributed by atoms with E-state index in [2.05, 4.69) is 14.7 Å². The summed E-state index contributed by atoms with van der Waals surface area (Å²) in [5.41, 5.74) is 0.408. The highest BCUT2D eigenvalue weighted by Gasteiger charge is 2.32. The van der Waals surface area contributed by atoms with Gasteiger partial charge in [-0.2, -0.15) is 0 Å². The van der Waals surface area contributed by atoms with Gasteiger partial charge in [-0.05, 0) is 12.1 Å². The fourth-order valence-corrected chi connectivity index (χ4v) is 1.75. The van der Waals surface area contributed by atoms with Crippen molar-refractivity contribution in [3.8, 4) is 11.8 Å². The van der Waals surface area contributed by atoms with Crippen LogP contribution in [0.25, 0.3) is 0 Å². The highest BCUT2D eigenvalue weighted by Crippen LogP contribution is 2.31. The van der Waals surface area contributed by atoms with Gasteiger partial charge in [0.15, 0.2) is 0 Å². The first kappa shape index (κ1) is 15.1. The minimum absolute atomic E-state index is 0.141. The Balaban J connectivity index is 2.07. The monoisotopic (exact) mass is 298 g/mol. The standard InChI is InChI=1S/C14H13F3N2O2/c1-10(9-20-13-18-7-4-8-19-13)11-5-2-3-6-12(11)21-14(15,16)17/h2-8,10H,9H2,1H3. The van der Waals surface area contributed by atoms with Crippen molar-refractivity contribution >= 4 is 0 Å². The summed E-state index contributed by atoms with van der Waals surface area (Å²) in [4.78, 5) is 7.76. The Hall–Kier alpha value is -2.31. The van der Waals surface area contributed by atoms with Gasteiger partial charge in [-0.3, -0.25) is 0 Å². The van der Waals surface area contributed by atoms with E-state index in [1.165, 1.54) is 24.5 Å². The molecule has 1 atom stereocenters. The highest BCUT2D eigenvalue weighted by molar-refractivity contribution is 5.36. The average Bonchev–Trinajstić information content (AvgIpc) is 2.45. The molecule has 0 saturated carbocycles. The van der Waals surface area contributed by atoms with Gasteiger partial charge < -0.3 is 9.47 Å². The summed E-state index contributed by atoms with van der Waals surface area (Å²) in [7, 11) is 0. The molecule has 1 heterocycles. The Labute approximate surface area is 119 Å². The predicted octanol–water partition coefficient (Wildman–Crippen LogP) is 3.56. The van der Waals surface area contributed by atoms with Crippen molar-refractivity contribution in [3.05, 3.63) is 48.3 Å². The average molecular weight is 298 g/mol. The lowest BCUT2D eigenvalue weighted by molar-refractivity contribution is -0.275. The molecule has 0 radical (unpaired) electrons. The fourth-order valence-electron chi connectivity index (χ4n) is 1.75. The van der Waals surface area contributed by atoms with Gasteiger partial charge in [0.05, 0.1) is 6.61 Å². The first-order chi connectivity index (χ1) is 9.96. The second-order valence-corrected chi connectivity index (χ2v) is 4.33. The van der Waals surface area contributed by atoms with Gasteiger partial charge in [0.25, 0.3) is 0 Å². The maximum Gasteiger partial charge on any atom is 0.573 e. The number of hydrogen-bond acceptors (Lipinski definition) is 4. The summed E-state index contributed by atoms with van der Waals surface area (Å²) in [5.74, 6) is -0.539. The largest absolute Gasteiger partial charge is 0.573 e. The molecule has 7 heteroatoms. The Kier molecular flexibility index (Phi) is 4.62. The van der Waals surface area contributed by atoms with Gasteiger partial charge in [0.1, 0.15) is 5.75 Å². The molecule has 0 fully saturated rings. The van der Waals surface area contributed by atoms with Gasteiger partial charge >= 0.3 is 12.4 Å². The van der Waals surface area contributed by atoms with Crippen molar-refractivity contribution in [2.24, 2.45) is 0 Å². The maximum atomic E-state index is 12.4. The Morgan fingerprint density at radius 3 is 2.43 bits per heavy atom. The topological polar surface area (TPSA) is 44.2 Å². The van der Waals surface area contributed by atoms with Gasteiger partial charge in [-0.1, -0.05) is 25.1 Å². The quantitative estimate of drug-likeness (QED) is 0.846. The van der Waals surface area contributed by atoms with Crippen LogP contribution in [0.1, 0.15) is 18.4 Å². The van der Waals surface area contributed by atoms with E-state index in [1.54, 1.807) is 25.1 Å². The van der Waals surface area contributed by atoms with Gasteiger partial charge in [0, 0.05) is 23.9 Å². The fraction of sp³-hybridized carbons (Fsp3) is 0.286. The zero-order chi connectivity index (χ0) is 15.3. The third kappa shape index (κ3) is 4.62. The van der Waals surface area contributed by atoms with Crippen molar-refractivity contribution < 1.29 is 22.6 Å². The van der Waals surface area contributed by atoms with E-state index in [-0.39, 0.29) is 24.3 Å². The second kappa shape index (κ2) is 6.43. The van der Waals surface area contributed by atoms with Crippen molar-refractivity contribution in [1.29, 1.82) is 0 Å². The van der Waals surface area contributed by atoms with Crippen molar-refractivity contribution in [2.45, 2.75) is 19.2 Å². The number of hydrogen-bond donors (Lipinski definition) is 0. The predicted molar refractivity (Wildman–Crippen MR) is 69.1 cm³/mol. The van der Waals surface area contributed by atoms with E-state index >= 15 is 0 Å². The van der Waals surface area contributed by atoms with Crippen LogP contribution < -0.4 is 9.47 Å². The molecule has 2 rings (SSSR count). The van der Waals surface area contributed by atoms with Crippen LogP contribution in [0.15, 0.2) is 42.7 Å². The summed E-state index contributed by atoms with van der Waals surface area (Å²) >= 11 is 0. The number of nitrogens with zero attached hydrogens (tertiary/aromatic N) is 2. The van der Waals surface area contributed by atoms with Crippen LogP contribution in [0.4, 0.5) is 13.2 Å². The lowest BCUT2D eigenvalue weighted by atomic mass is 10.0. The number of para-hydroxylation sites is 1. The highest BCUT2D eigenvalue weighted by atomic mass is 19.4. The maximum absolute atomic E-state index is 12.4. The zero-order valence-corrected chi connectivity index (χ0v) is 11.2. The molecule has 0 aliphatic heterocycles. The van der Waals surface area contributed by atoms with Crippen molar-refractivity contribution in [2.75, 3.05) is 6.61 Å². The molecule has 0 bridgehead atoms. The van der Waals surface area contributed by atoms with E-state index in [9.17, 15) is 13.2 Å². The first-order valence-corrected chi connectivity index (χ1v) is 6.20. The molecule has 1 unspecified atom stereocenters. The van der Waals surface area contributed by atoms with Crippen LogP contribution in [0, 0.1) is 0 Å². The van der Waals surface area contributed by atoms with E-state index in [4.69, 9.17) is 4.74 Å². The van der Waals surface area contributed by atoms with Gasteiger partial charge in [-0.25, -0.2) is 9.97 Å². The number of rotatable bonds is 5. The molecular formula is C14H13F3N2O2. The third-order valence-electron chi connectivity index (χ3n) is 2.68. The van der Waals surface area contributed by atoms with Crippen LogP contribution in [0.5, 0.6) is 11.8 Å². The Morgan fingerprint density at radius 2 is 1.76 bits per heavy atom. The van der Waals surface area contributed by atoms with E-state index in [1.807, 2.05) is 0 Å². The van der Waals surface area contributed by atoms with Crippen LogP contribution >= 0.6 is 0 Å². The minimum Gasteiger partial charge on any atom is -0.463 e. The van der Waals surface area contributed by atoms with Gasteiger partial charge in [-0.15, -0.1) is 13.2 Å². The van der Waals surface area contributed by atoms with Crippen LogP contribution in [0.2, 0.25) is 0 Å². The third-order valence-corrected chi connectivity index (χ3v) is 2.68. The van der Waals surface area contributed by atoms with E-state index in [0.717, 1.165) is 0 Å². The molecular weight excluding hydrogens is 285 g/mol. The molecule has 0 spiro atoms. The van der Waals surface area contributed by atoms with Crippen molar-refractivity contribution in [1.82, 2.24) is 9.97 Å². The van der Waals surface area contributed by atoms with Crippen molar-refractivity contribution in [3.63, 3.8) is 0 Å². The number of alkyl halides is 3. The Bertz CT molecular complexity index is 576. The number of benzene rings is 1. The Morgan fingerprint density at radius 1 is 1.10 bits per heavy atom. The summed E-state index contributed by atoms with van der Waals surface area (Å²) in [6, 6.07) is 7.80. The minimum atomic E-state index is -4.72. The molecule has 0 aliphatic carbocycles. The van der Waals surface area contributed by atoms with Crippen LogP contribution in [-0.4, -0.2) is 22.9 Å². The molecule has 21 heavy (non-hydrogen) atoms. The summed E-state index contributed by atoms with van der Waals surface area (Å²) in [6.07, 6.45) is -1.68. The molecule has 2 aromatic rings. The summed E-state index contributed by atoms with van der Waals surface area (Å²) in [6.45, 7) is 1.88. The number of halogens is 3. The SMILES string of the molecule is CC(COc1ncccn1)c1ccccc1OC(F)(F)F. The molecule has 4 nitrogen and oxygen atoms in total. The zero-order valence-electron chi connectivity index (χ0n) is 11.2. The van der Waals surface area contributed by atoms with Gasteiger partial charge in [0.2, 0.25) is 0 Å². The van der Waals surface area contributed by atoms with E-state index < -0.39 is 6.36 Å². The number of ether oxygens (including phenoxy) is 2. The lowest BCUT2D eigenvalue weighted by Crippen LogP contribution is -2.19. The number of aromatic nitrogens is 2. The first-order valence-electron chi connectivity index (χ1n) is 6.20. The smallest absolute Gasteiger partial charge is 0.463 e. The molecule has 1 aromatic heterocycles. The summed E-state index contributed by atoms with van der Waals surface area (Å²) < 4.78 is 46.5. The molecule has 0 amide bonds. The van der Waals surface area contributed by atoms with Crippen LogP contribution in [0.3, 0.4) is 0 Å². The molecule has 0 N–H and O–H groups in total. The normalized spacial score (nSPS) is 12.8. The van der Waals surface area contributed by atoms with Crippen LogP contribution in [-0.2, 0) is 0 Å². The molecule has 0 aliphatic rings. The lowest BCUT2D eigenvalue weighted by Gasteiger charge is -2.17. The molecule has 112 valence electrons. The van der Waals surface area contributed by atoms with E-state index in [0.29, 0.717) is 5.56 Å². The second-order valence-electron chi connectivity index (χ2n) is 4.33.